The summed E-state index contributed by atoms with van der Waals surface area (Å²) in [7, 11) is 0. The van der Waals surface area contributed by atoms with Crippen molar-refractivity contribution in [3.05, 3.63) is 47.8 Å². The molecule has 0 amide bonds. The SMILES string of the molecule is c1cnc(-c2noc(-c3ccc4c(c3)CNC4)n2)nc1. The molecule has 0 radical (unpaired) electrons. The van der Waals surface area contributed by atoms with Crippen LogP contribution < -0.4 is 5.32 Å². The van der Waals surface area contributed by atoms with Crippen molar-refractivity contribution < 1.29 is 4.52 Å². The summed E-state index contributed by atoms with van der Waals surface area (Å²) in [6.45, 7) is 1.80. The monoisotopic (exact) mass is 265 g/mol. The molecule has 1 aliphatic heterocycles. The Hall–Kier alpha value is -2.60. The van der Waals surface area contributed by atoms with E-state index in [0.717, 1.165) is 18.7 Å². The molecular formula is C14H11N5O. The van der Waals surface area contributed by atoms with Crippen molar-refractivity contribution >= 4 is 0 Å². The van der Waals surface area contributed by atoms with Crippen molar-refractivity contribution in [2.45, 2.75) is 13.1 Å². The number of nitrogens with one attached hydrogen (secondary N) is 1. The standard InChI is InChI=1S/C14H11N5O/c1-4-16-12(17-5-1)13-18-14(20-19-13)9-2-3-10-7-15-8-11(10)6-9/h1-6,15H,7-8H2. The first-order chi connectivity index (χ1) is 9.90. The van der Waals surface area contributed by atoms with E-state index in [1.165, 1.54) is 11.1 Å². The summed E-state index contributed by atoms with van der Waals surface area (Å²) in [5, 5.41) is 7.24. The van der Waals surface area contributed by atoms with Crippen LogP contribution in [0.15, 0.2) is 41.2 Å². The Bertz CT molecular complexity index is 753. The van der Waals surface area contributed by atoms with Gasteiger partial charge in [0.15, 0.2) is 0 Å². The minimum absolute atomic E-state index is 0.402. The molecule has 0 bridgehead atoms. The molecule has 0 unspecified atom stereocenters. The van der Waals surface area contributed by atoms with Crippen molar-refractivity contribution in [2.24, 2.45) is 0 Å². The lowest BCUT2D eigenvalue weighted by Crippen LogP contribution is -1.99. The first kappa shape index (κ1) is 11.2. The van der Waals surface area contributed by atoms with Crippen LogP contribution in [-0.2, 0) is 13.1 Å². The van der Waals surface area contributed by atoms with Crippen LogP contribution in [0.2, 0.25) is 0 Å². The Morgan fingerprint density at radius 2 is 1.85 bits per heavy atom. The Labute approximate surface area is 114 Å². The second kappa shape index (κ2) is 4.50. The van der Waals surface area contributed by atoms with E-state index in [4.69, 9.17) is 4.52 Å². The molecule has 1 N–H and O–H groups in total. The van der Waals surface area contributed by atoms with Crippen LogP contribution >= 0.6 is 0 Å². The zero-order valence-electron chi connectivity index (χ0n) is 10.6. The lowest BCUT2D eigenvalue weighted by atomic mass is 10.1. The highest BCUT2D eigenvalue weighted by atomic mass is 16.5. The zero-order chi connectivity index (χ0) is 13.4. The van der Waals surface area contributed by atoms with E-state index in [1.807, 2.05) is 6.07 Å². The van der Waals surface area contributed by atoms with Gasteiger partial charge in [0.2, 0.25) is 11.6 Å². The van der Waals surface area contributed by atoms with E-state index in [1.54, 1.807) is 18.5 Å². The van der Waals surface area contributed by atoms with Gasteiger partial charge in [-0.2, -0.15) is 4.98 Å². The van der Waals surface area contributed by atoms with Gasteiger partial charge in [-0.15, -0.1) is 0 Å². The molecule has 2 aromatic heterocycles. The maximum Gasteiger partial charge on any atom is 0.258 e. The van der Waals surface area contributed by atoms with Gasteiger partial charge in [0.05, 0.1) is 0 Å². The van der Waals surface area contributed by atoms with E-state index < -0.39 is 0 Å². The third-order valence-corrected chi connectivity index (χ3v) is 3.28. The second-order valence-corrected chi connectivity index (χ2v) is 4.58. The van der Waals surface area contributed by atoms with Gasteiger partial charge in [-0.05, 0) is 29.3 Å². The first-order valence-corrected chi connectivity index (χ1v) is 6.34. The van der Waals surface area contributed by atoms with Gasteiger partial charge in [-0.3, -0.25) is 0 Å². The highest BCUT2D eigenvalue weighted by Gasteiger charge is 2.15. The van der Waals surface area contributed by atoms with Crippen molar-refractivity contribution in [1.29, 1.82) is 0 Å². The van der Waals surface area contributed by atoms with Crippen LogP contribution in [0, 0.1) is 0 Å². The van der Waals surface area contributed by atoms with Gasteiger partial charge >= 0.3 is 0 Å². The molecule has 98 valence electrons. The summed E-state index contributed by atoms with van der Waals surface area (Å²) < 4.78 is 5.30. The predicted molar refractivity (Wildman–Crippen MR) is 71.3 cm³/mol. The fraction of sp³-hybridized carbons (Fsp3) is 0.143. The van der Waals surface area contributed by atoms with E-state index in [0.29, 0.717) is 17.5 Å². The average molecular weight is 265 g/mol. The summed E-state index contributed by atoms with van der Waals surface area (Å²) in [6, 6.07) is 7.92. The Kier molecular flexibility index (Phi) is 2.53. The quantitative estimate of drug-likeness (QED) is 0.761. The molecule has 0 spiro atoms. The molecule has 0 fully saturated rings. The molecule has 0 atom stereocenters. The molecule has 1 aromatic carbocycles. The molecule has 0 saturated carbocycles. The van der Waals surface area contributed by atoms with Crippen molar-refractivity contribution in [3.63, 3.8) is 0 Å². The average Bonchev–Trinajstić information content (AvgIpc) is 3.16. The largest absolute Gasteiger partial charge is 0.333 e. The third kappa shape index (κ3) is 1.86. The number of hydrogen-bond acceptors (Lipinski definition) is 6. The molecule has 6 heteroatoms. The lowest BCUT2D eigenvalue weighted by molar-refractivity contribution is 0.432. The van der Waals surface area contributed by atoms with E-state index >= 15 is 0 Å². The predicted octanol–water partition coefficient (Wildman–Crippen LogP) is 1.80. The smallest absolute Gasteiger partial charge is 0.258 e. The Morgan fingerprint density at radius 3 is 2.75 bits per heavy atom. The maximum atomic E-state index is 5.30. The second-order valence-electron chi connectivity index (χ2n) is 4.58. The van der Waals surface area contributed by atoms with Gasteiger partial charge in [0, 0.05) is 31.0 Å². The minimum atomic E-state index is 0.402. The fourth-order valence-corrected chi connectivity index (χ4v) is 2.27. The van der Waals surface area contributed by atoms with Crippen molar-refractivity contribution in [3.8, 4) is 23.1 Å². The Balaban J connectivity index is 1.72. The molecule has 0 aliphatic carbocycles. The summed E-state index contributed by atoms with van der Waals surface area (Å²) >= 11 is 0. The van der Waals surface area contributed by atoms with Crippen LogP contribution in [0.5, 0.6) is 0 Å². The molecule has 20 heavy (non-hydrogen) atoms. The minimum Gasteiger partial charge on any atom is -0.333 e. The van der Waals surface area contributed by atoms with Gasteiger partial charge in [0.25, 0.3) is 5.89 Å². The van der Waals surface area contributed by atoms with E-state index in [9.17, 15) is 0 Å². The van der Waals surface area contributed by atoms with Gasteiger partial charge < -0.3 is 9.84 Å². The maximum absolute atomic E-state index is 5.30. The molecule has 3 aromatic rings. The van der Waals surface area contributed by atoms with Crippen molar-refractivity contribution in [2.75, 3.05) is 0 Å². The zero-order valence-corrected chi connectivity index (χ0v) is 10.6. The normalized spacial score (nSPS) is 13.4. The Morgan fingerprint density at radius 1 is 1.00 bits per heavy atom. The number of rotatable bonds is 2. The molecular weight excluding hydrogens is 254 g/mol. The number of aromatic nitrogens is 4. The van der Waals surface area contributed by atoms with Crippen molar-refractivity contribution in [1.82, 2.24) is 25.4 Å². The van der Waals surface area contributed by atoms with Crippen LogP contribution in [0.4, 0.5) is 0 Å². The fourth-order valence-electron chi connectivity index (χ4n) is 2.27. The third-order valence-electron chi connectivity index (χ3n) is 3.28. The van der Waals surface area contributed by atoms with E-state index in [2.05, 4.69) is 37.6 Å². The molecule has 6 nitrogen and oxygen atoms in total. The summed E-state index contributed by atoms with van der Waals surface area (Å²) in [5.41, 5.74) is 3.51. The summed E-state index contributed by atoms with van der Waals surface area (Å²) in [4.78, 5) is 12.6. The highest BCUT2D eigenvalue weighted by Crippen LogP contribution is 2.25. The molecule has 3 heterocycles. The van der Waals surface area contributed by atoms with E-state index in [-0.39, 0.29) is 0 Å². The summed E-state index contributed by atoms with van der Waals surface area (Å²) in [5.74, 6) is 1.35. The number of nitrogens with zero attached hydrogens (tertiary/aromatic N) is 4. The van der Waals surface area contributed by atoms with Gasteiger partial charge in [-0.1, -0.05) is 11.2 Å². The molecule has 1 aliphatic rings. The highest BCUT2D eigenvalue weighted by molar-refractivity contribution is 5.58. The van der Waals surface area contributed by atoms with Crippen LogP contribution in [0.3, 0.4) is 0 Å². The molecule has 0 saturated heterocycles. The summed E-state index contributed by atoms with van der Waals surface area (Å²) in [6.07, 6.45) is 3.30. The number of benzene rings is 1. The van der Waals surface area contributed by atoms with Gasteiger partial charge in [-0.25, -0.2) is 9.97 Å². The topological polar surface area (TPSA) is 76.7 Å². The van der Waals surface area contributed by atoms with Crippen LogP contribution in [0.25, 0.3) is 23.1 Å². The lowest BCUT2D eigenvalue weighted by Gasteiger charge is -1.99. The van der Waals surface area contributed by atoms with Crippen LogP contribution in [-0.4, -0.2) is 20.1 Å². The first-order valence-electron chi connectivity index (χ1n) is 6.34. The number of fused-ring (bicyclic) bond motifs is 1. The number of hydrogen-bond donors (Lipinski definition) is 1. The van der Waals surface area contributed by atoms with Gasteiger partial charge in [0.1, 0.15) is 0 Å². The molecule has 4 rings (SSSR count). The van der Waals surface area contributed by atoms with Crippen LogP contribution in [0.1, 0.15) is 11.1 Å².